The van der Waals surface area contributed by atoms with Crippen molar-refractivity contribution < 1.29 is 0 Å². The minimum Gasteiger partial charge on any atom is -0.112 e. The molecule has 0 aromatic rings. The van der Waals surface area contributed by atoms with Gasteiger partial charge in [0.25, 0.3) is 0 Å². The zero-order valence-corrected chi connectivity index (χ0v) is 13.5. The maximum Gasteiger partial charge on any atom is -0.0226 e. The van der Waals surface area contributed by atoms with Gasteiger partial charge in [0.1, 0.15) is 0 Å². The zero-order valence-electron chi connectivity index (χ0n) is 12.6. The molecule has 0 aromatic heterocycles. The Morgan fingerprint density at radius 1 is 1.06 bits per heavy atom. The van der Waals surface area contributed by atoms with Crippen LogP contribution in [0.5, 0.6) is 0 Å². The Morgan fingerprint density at radius 2 is 1.67 bits per heavy atom. The minimum atomic E-state index is 0.980. The monoisotopic (exact) mass is 266 g/mol. The van der Waals surface area contributed by atoms with Gasteiger partial charge in [0.2, 0.25) is 0 Å². The summed E-state index contributed by atoms with van der Waals surface area (Å²) in [6, 6.07) is 0. The van der Waals surface area contributed by atoms with Crippen LogP contribution in [-0.4, -0.2) is 12.5 Å². The third-order valence-electron chi connectivity index (χ3n) is 5.65. The van der Waals surface area contributed by atoms with E-state index in [-0.39, 0.29) is 0 Å². The second-order valence-corrected chi connectivity index (χ2v) is 7.67. The molecule has 0 aliphatic heterocycles. The summed E-state index contributed by atoms with van der Waals surface area (Å²) in [6.07, 6.45) is 12.0. The summed E-state index contributed by atoms with van der Waals surface area (Å²) in [7, 11) is 1.47. The lowest BCUT2D eigenvalue weighted by Gasteiger charge is -2.48. The molecular formula is C17H31P. The fraction of sp³-hybridized carbons (Fsp3) is 0.941. The van der Waals surface area contributed by atoms with E-state index in [2.05, 4.69) is 26.3 Å². The first-order valence-corrected chi connectivity index (χ1v) is 9.58. The Hall–Kier alpha value is 0.170. The maximum absolute atomic E-state index is 2.46. The quantitative estimate of drug-likeness (QED) is 0.524. The lowest BCUT2D eigenvalue weighted by molar-refractivity contribution is 0.0259. The van der Waals surface area contributed by atoms with Gasteiger partial charge in [-0.25, -0.2) is 0 Å². The molecule has 0 amide bonds. The number of hydrogen-bond donors (Lipinski definition) is 0. The predicted octanol–water partition coefficient (Wildman–Crippen LogP) is 5.63. The van der Waals surface area contributed by atoms with Gasteiger partial charge in [-0.3, -0.25) is 0 Å². The third kappa shape index (κ3) is 3.60. The Balaban J connectivity index is 1.60. The van der Waals surface area contributed by atoms with E-state index in [1.54, 1.807) is 25.7 Å². The van der Waals surface area contributed by atoms with Crippen molar-refractivity contribution in [3.63, 3.8) is 0 Å². The first kappa shape index (κ1) is 14.6. The van der Waals surface area contributed by atoms with E-state index in [1.807, 2.05) is 0 Å². The van der Waals surface area contributed by atoms with Crippen molar-refractivity contribution in [1.29, 1.82) is 0 Å². The smallest absolute Gasteiger partial charge is 0.0226 e. The largest absolute Gasteiger partial charge is 0.112 e. The van der Waals surface area contributed by atoms with E-state index in [0.717, 1.165) is 29.6 Å². The lowest BCUT2D eigenvalue weighted by Crippen LogP contribution is -2.38. The van der Waals surface area contributed by atoms with Gasteiger partial charge in [0.15, 0.2) is 0 Å². The molecule has 18 heavy (non-hydrogen) atoms. The molecule has 0 spiro atoms. The molecule has 0 aromatic carbocycles. The summed E-state index contributed by atoms with van der Waals surface area (Å²) in [5, 5.41) is 0. The van der Waals surface area contributed by atoms with Crippen LogP contribution >= 0.6 is 8.20 Å². The molecule has 0 heterocycles. The number of hydrogen-bond acceptors (Lipinski definition) is 0. The van der Waals surface area contributed by atoms with E-state index in [4.69, 9.17) is 0 Å². The molecule has 2 rings (SSSR count). The van der Waals surface area contributed by atoms with Gasteiger partial charge >= 0.3 is 0 Å². The van der Waals surface area contributed by atoms with Crippen LogP contribution in [0.3, 0.4) is 0 Å². The second-order valence-electron chi connectivity index (χ2n) is 6.79. The van der Waals surface area contributed by atoms with Crippen molar-refractivity contribution >= 4 is 14.0 Å². The van der Waals surface area contributed by atoms with Crippen molar-refractivity contribution in [2.75, 3.05) is 6.66 Å². The summed E-state index contributed by atoms with van der Waals surface area (Å²) in [5.41, 5.74) is 0. The van der Waals surface area contributed by atoms with Gasteiger partial charge < -0.3 is 0 Å². The summed E-state index contributed by atoms with van der Waals surface area (Å²) in [6.45, 7) is 6.98. The fourth-order valence-corrected chi connectivity index (χ4v) is 4.53. The molecule has 0 bridgehead atoms. The van der Waals surface area contributed by atoms with Crippen molar-refractivity contribution in [3.05, 3.63) is 0 Å². The van der Waals surface area contributed by atoms with Gasteiger partial charge in [-0.15, -0.1) is 8.20 Å². The van der Waals surface area contributed by atoms with E-state index in [9.17, 15) is 0 Å². The molecule has 1 unspecified atom stereocenters. The van der Waals surface area contributed by atoms with Crippen molar-refractivity contribution in [2.24, 2.45) is 29.6 Å². The van der Waals surface area contributed by atoms with Crippen molar-refractivity contribution in [1.82, 2.24) is 0 Å². The average molecular weight is 266 g/mol. The van der Waals surface area contributed by atoms with Crippen LogP contribution < -0.4 is 0 Å². The van der Waals surface area contributed by atoms with E-state index in [0.29, 0.717) is 0 Å². The van der Waals surface area contributed by atoms with Gasteiger partial charge in [-0.2, -0.15) is 0 Å². The summed E-state index contributed by atoms with van der Waals surface area (Å²) in [5.74, 6) is 7.88. The van der Waals surface area contributed by atoms with Crippen LogP contribution in [0.25, 0.3) is 0 Å². The first-order valence-electron chi connectivity index (χ1n) is 8.17. The summed E-state index contributed by atoms with van der Waals surface area (Å²) < 4.78 is 0. The first-order chi connectivity index (χ1) is 8.76. The Morgan fingerprint density at radius 3 is 2.17 bits per heavy atom. The van der Waals surface area contributed by atoms with Gasteiger partial charge in [0, 0.05) is 0 Å². The molecule has 2 fully saturated rings. The SMILES string of the molecule is CCC(CC=PC)CC1CC(C2CC(CC)C2)C1. The molecule has 0 nitrogen and oxygen atoms in total. The highest BCUT2D eigenvalue weighted by Gasteiger charge is 2.40. The topological polar surface area (TPSA) is 0 Å². The van der Waals surface area contributed by atoms with Crippen LogP contribution in [0, 0.1) is 29.6 Å². The summed E-state index contributed by atoms with van der Waals surface area (Å²) >= 11 is 0. The molecule has 0 N–H and O–H groups in total. The zero-order chi connectivity index (χ0) is 13.0. The molecule has 104 valence electrons. The molecule has 1 atom stereocenters. The molecule has 2 aliphatic carbocycles. The highest BCUT2D eigenvalue weighted by atomic mass is 31.1. The average Bonchev–Trinajstić information content (AvgIpc) is 2.28. The standard InChI is InChI=1S/C17H31P/c1-4-13(6-7-18-3)8-15-11-17(12-15)16-9-14(5-2)10-16/h7,13-17H,4-6,8-12H2,1-3H3. The van der Waals surface area contributed by atoms with E-state index in [1.165, 1.54) is 33.9 Å². The molecule has 2 aliphatic rings. The number of rotatable bonds is 7. The highest BCUT2D eigenvalue weighted by Crippen LogP contribution is 2.51. The van der Waals surface area contributed by atoms with Crippen LogP contribution in [0.2, 0.25) is 0 Å². The van der Waals surface area contributed by atoms with Gasteiger partial charge in [-0.1, -0.05) is 32.5 Å². The van der Waals surface area contributed by atoms with Crippen molar-refractivity contribution in [2.45, 2.75) is 65.2 Å². The molecule has 1 heteroatoms. The molecule has 0 saturated heterocycles. The highest BCUT2D eigenvalue weighted by molar-refractivity contribution is 7.37. The Kier molecular flexibility index (Phi) is 5.74. The van der Waals surface area contributed by atoms with E-state index < -0.39 is 0 Å². The van der Waals surface area contributed by atoms with Crippen molar-refractivity contribution in [3.8, 4) is 0 Å². The van der Waals surface area contributed by atoms with Crippen LogP contribution in [0.4, 0.5) is 0 Å². The third-order valence-corrected chi connectivity index (χ3v) is 6.23. The summed E-state index contributed by atoms with van der Waals surface area (Å²) in [4.78, 5) is 0. The lowest BCUT2D eigenvalue weighted by atomic mass is 9.57. The predicted molar refractivity (Wildman–Crippen MR) is 84.6 cm³/mol. The molecular weight excluding hydrogens is 235 g/mol. The van der Waals surface area contributed by atoms with Crippen LogP contribution in [-0.2, 0) is 0 Å². The Bertz CT molecular complexity index is 259. The molecule has 0 radical (unpaired) electrons. The Labute approximate surface area is 116 Å². The van der Waals surface area contributed by atoms with E-state index >= 15 is 0 Å². The minimum absolute atomic E-state index is 0.980. The normalized spacial score (nSPS) is 37.3. The molecule has 2 saturated carbocycles. The van der Waals surface area contributed by atoms with Crippen LogP contribution in [0.1, 0.15) is 65.2 Å². The second kappa shape index (κ2) is 7.09. The van der Waals surface area contributed by atoms with Crippen LogP contribution in [0.15, 0.2) is 0 Å². The van der Waals surface area contributed by atoms with Gasteiger partial charge in [-0.05, 0) is 74.8 Å². The van der Waals surface area contributed by atoms with Gasteiger partial charge in [0.05, 0.1) is 0 Å². The fourth-order valence-electron chi connectivity index (χ4n) is 4.03. The maximum atomic E-state index is 2.46.